The number of hydrogen-bond acceptors (Lipinski definition) is 5. The number of ether oxygens (including phenoxy) is 1. The van der Waals surface area contributed by atoms with E-state index < -0.39 is 0 Å². The molecule has 6 heteroatoms. The first-order valence-electron chi connectivity index (χ1n) is 5.49. The number of hydrogen-bond donors (Lipinski definition) is 1. The molecular weight excluding hydrogens is 242 g/mol. The van der Waals surface area contributed by atoms with E-state index in [1.165, 1.54) is 6.33 Å². The van der Waals surface area contributed by atoms with Crippen molar-refractivity contribution in [1.29, 1.82) is 0 Å². The van der Waals surface area contributed by atoms with Crippen molar-refractivity contribution in [1.82, 2.24) is 15.3 Å². The maximum atomic E-state index is 11.4. The Labute approximate surface area is 106 Å². The average molecular weight is 258 g/mol. The minimum absolute atomic E-state index is 0. The van der Waals surface area contributed by atoms with Crippen molar-refractivity contribution >= 4 is 18.4 Å². The van der Waals surface area contributed by atoms with E-state index in [1.807, 2.05) is 0 Å². The highest BCUT2D eigenvalue weighted by Gasteiger charge is 2.17. The van der Waals surface area contributed by atoms with Crippen molar-refractivity contribution in [3.05, 3.63) is 23.3 Å². The van der Waals surface area contributed by atoms with E-state index in [0.717, 1.165) is 36.5 Å². The first-order chi connectivity index (χ1) is 7.81. The number of aromatic nitrogens is 2. The van der Waals surface area contributed by atoms with Crippen LogP contribution in [0.25, 0.3) is 0 Å². The number of nitrogens with zero attached hydrogens (tertiary/aromatic N) is 2. The summed E-state index contributed by atoms with van der Waals surface area (Å²) >= 11 is 0. The lowest BCUT2D eigenvalue weighted by Gasteiger charge is -2.17. The van der Waals surface area contributed by atoms with Gasteiger partial charge in [-0.25, -0.2) is 9.97 Å². The molecule has 94 valence electrons. The summed E-state index contributed by atoms with van der Waals surface area (Å²) in [6, 6.07) is 0. The van der Waals surface area contributed by atoms with Crippen LogP contribution in [0.15, 0.2) is 6.33 Å². The third-order valence-electron chi connectivity index (χ3n) is 2.58. The number of esters is 1. The first-order valence-corrected chi connectivity index (χ1v) is 5.49. The molecule has 1 aliphatic heterocycles. The summed E-state index contributed by atoms with van der Waals surface area (Å²) < 4.78 is 4.92. The maximum Gasteiger partial charge on any atom is 0.311 e. The summed E-state index contributed by atoms with van der Waals surface area (Å²) in [5.74, 6) is -0.228. The first kappa shape index (κ1) is 13.9. The van der Waals surface area contributed by atoms with Crippen LogP contribution in [0.5, 0.6) is 0 Å². The second-order valence-corrected chi connectivity index (χ2v) is 3.65. The average Bonchev–Trinajstić information content (AvgIpc) is 2.30. The highest BCUT2D eigenvalue weighted by atomic mass is 35.5. The molecule has 5 nitrogen and oxygen atoms in total. The topological polar surface area (TPSA) is 64.1 Å². The molecule has 0 spiro atoms. The van der Waals surface area contributed by atoms with Crippen LogP contribution in [0, 0.1) is 0 Å². The molecular formula is C11H16ClN3O2. The molecule has 17 heavy (non-hydrogen) atoms. The van der Waals surface area contributed by atoms with Crippen LogP contribution >= 0.6 is 12.4 Å². The van der Waals surface area contributed by atoms with Gasteiger partial charge in [0, 0.05) is 30.8 Å². The Morgan fingerprint density at radius 2 is 2.35 bits per heavy atom. The number of carbonyl (C=O) groups is 1. The Morgan fingerprint density at radius 3 is 3.12 bits per heavy atom. The van der Waals surface area contributed by atoms with Crippen molar-refractivity contribution < 1.29 is 9.53 Å². The monoisotopic (exact) mass is 257 g/mol. The van der Waals surface area contributed by atoms with E-state index in [4.69, 9.17) is 4.74 Å². The Kier molecular flexibility index (Phi) is 5.31. The van der Waals surface area contributed by atoms with Gasteiger partial charge in [0.15, 0.2) is 0 Å². The van der Waals surface area contributed by atoms with Crippen LogP contribution in [-0.4, -0.2) is 29.1 Å². The van der Waals surface area contributed by atoms with E-state index in [-0.39, 0.29) is 24.8 Å². The number of rotatable bonds is 3. The summed E-state index contributed by atoms with van der Waals surface area (Å²) in [6.45, 7) is 3.88. The smallest absolute Gasteiger partial charge is 0.311 e. The van der Waals surface area contributed by atoms with Crippen LogP contribution in [0.4, 0.5) is 0 Å². The van der Waals surface area contributed by atoms with Gasteiger partial charge in [-0.15, -0.1) is 12.4 Å². The molecule has 1 aromatic heterocycles. The zero-order chi connectivity index (χ0) is 11.4. The largest absolute Gasteiger partial charge is 0.466 e. The lowest BCUT2D eigenvalue weighted by molar-refractivity contribution is -0.142. The normalized spacial score (nSPS) is 13.5. The second-order valence-electron chi connectivity index (χ2n) is 3.65. The number of fused-ring (bicyclic) bond motifs is 1. The fourth-order valence-electron chi connectivity index (χ4n) is 1.83. The molecule has 0 aliphatic carbocycles. The molecule has 2 heterocycles. The molecule has 0 atom stereocenters. The fraction of sp³-hybridized carbons (Fsp3) is 0.545. The molecule has 0 aromatic carbocycles. The second kappa shape index (κ2) is 6.51. The minimum atomic E-state index is -0.228. The highest BCUT2D eigenvalue weighted by Crippen LogP contribution is 2.14. The predicted molar refractivity (Wildman–Crippen MR) is 65.0 cm³/mol. The highest BCUT2D eigenvalue weighted by molar-refractivity contribution is 5.85. The van der Waals surface area contributed by atoms with Crippen molar-refractivity contribution in [2.75, 3.05) is 13.2 Å². The van der Waals surface area contributed by atoms with Gasteiger partial charge in [0.05, 0.1) is 18.7 Å². The van der Waals surface area contributed by atoms with Gasteiger partial charge in [-0.3, -0.25) is 4.79 Å². The quantitative estimate of drug-likeness (QED) is 0.806. The van der Waals surface area contributed by atoms with Crippen molar-refractivity contribution in [3.63, 3.8) is 0 Å². The molecule has 0 fully saturated rings. The standard InChI is InChI=1S/C11H15N3O2.ClH/c1-2-16-11(15)5-10-8-6-12-4-3-9(8)13-7-14-10;/h7,12H,2-6H2,1H3;1H. The molecule has 1 aromatic rings. The van der Waals surface area contributed by atoms with E-state index in [1.54, 1.807) is 6.92 Å². The van der Waals surface area contributed by atoms with Crippen LogP contribution in [0.1, 0.15) is 23.9 Å². The number of carbonyl (C=O) groups excluding carboxylic acids is 1. The Balaban J connectivity index is 0.00000144. The lowest BCUT2D eigenvalue weighted by Crippen LogP contribution is -2.27. The van der Waals surface area contributed by atoms with Crippen LogP contribution in [0.2, 0.25) is 0 Å². The van der Waals surface area contributed by atoms with E-state index in [9.17, 15) is 4.79 Å². The zero-order valence-corrected chi connectivity index (χ0v) is 10.5. The molecule has 2 rings (SSSR count). The van der Waals surface area contributed by atoms with Gasteiger partial charge >= 0.3 is 5.97 Å². The zero-order valence-electron chi connectivity index (χ0n) is 9.73. The van der Waals surface area contributed by atoms with Gasteiger partial charge in [0.25, 0.3) is 0 Å². The third kappa shape index (κ3) is 3.38. The van der Waals surface area contributed by atoms with Crippen LogP contribution in [0.3, 0.4) is 0 Å². The molecule has 0 saturated heterocycles. The molecule has 0 saturated carbocycles. The summed E-state index contributed by atoms with van der Waals surface area (Å²) in [4.78, 5) is 19.8. The number of nitrogens with one attached hydrogen (secondary N) is 1. The van der Waals surface area contributed by atoms with Crippen LogP contribution in [-0.2, 0) is 28.9 Å². The SMILES string of the molecule is CCOC(=O)Cc1ncnc2c1CNCC2.Cl. The lowest BCUT2D eigenvalue weighted by atomic mass is 10.0. The molecule has 1 aliphatic rings. The van der Waals surface area contributed by atoms with E-state index in [2.05, 4.69) is 15.3 Å². The fourth-order valence-corrected chi connectivity index (χ4v) is 1.83. The van der Waals surface area contributed by atoms with Gasteiger partial charge < -0.3 is 10.1 Å². The minimum Gasteiger partial charge on any atom is -0.466 e. The van der Waals surface area contributed by atoms with Gasteiger partial charge in [0.2, 0.25) is 0 Å². The molecule has 0 radical (unpaired) electrons. The maximum absolute atomic E-state index is 11.4. The van der Waals surface area contributed by atoms with Crippen molar-refractivity contribution in [3.8, 4) is 0 Å². The third-order valence-corrected chi connectivity index (χ3v) is 2.58. The molecule has 0 bridgehead atoms. The summed E-state index contributed by atoms with van der Waals surface area (Å²) in [6.07, 6.45) is 2.66. The molecule has 0 unspecified atom stereocenters. The molecule has 0 amide bonds. The summed E-state index contributed by atoms with van der Waals surface area (Å²) in [7, 11) is 0. The van der Waals surface area contributed by atoms with Gasteiger partial charge in [0.1, 0.15) is 6.33 Å². The van der Waals surface area contributed by atoms with Gasteiger partial charge in [-0.2, -0.15) is 0 Å². The Morgan fingerprint density at radius 1 is 1.53 bits per heavy atom. The number of halogens is 1. The van der Waals surface area contributed by atoms with Crippen LogP contribution < -0.4 is 5.32 Å². The van der Waals surface area contributed by atoms with Gasteiger partial charge in [-0.05, 0) is 6.92 Å². The van der Waals surface area contributed by atoms with Crippen molar-refractivity contribution in [2.24, 2.45) is 0 Å². The van der Waals surface area contributed by atoms with E-state index in [0.29, 0.717) is 6.61 Å². The Bertz CT molecular complexity index is 398. The van der Waals surface area contributed by atoms with Gasteiger partial charge in [-0.1, -0.05) is 0 Å². The summed E-state index contributed by atoms with van der Waals surface area (Å²) in [5.41, 5.74) is 2.89. The van der Waals surface area contributed by atoms with E-state index >= 15 is 0 Å². The Hall–Kier alpha value is -1.20. The molecule has 1 N–H and O–H groups in total. The predicted octanol–water partition coefficient (Wildman–Crippen LogP) is 0.650. The summed E-state index contributed by atoms with van der Waals surface area (Å²) in [5, 5.41) is 3.25. The van der Waals surface area contributed by atoms with Crippen molar-refractivity contribution in [2.45, 2.75) is 26.3 Å².